The summed E-state index contributed by atoms with van der Waals surface area (Å²) in [5.41, 5.74) is 2.02. The van der Waals surface area contributed by atoms with Gasteiger partial charge in [0.25, 0.3) is 5.91 Å². The summed E-state index contributed by atoms with van der Waals surface area (Å²) < 4.78 is 5.42. The number of amides is 1. The summed E-state index contributed by atoms with van der Waals surface area (Å²) in [6, 6.07) is 10.7. The zero-order valence-electron chi connectivity index (χ0n) is 9.72. The first-order valence-electron chi connectivity index (χ1n) is 5.46. The molecule has 2 N–H and O–H groups in total. The van der Waals surface area contributed by atoms with Gasteiger partial charge in [0.15, 0.2) is 0 Å². The second kappa shape index (κ2) is 5.33. The van der Waals surface area contributed by atoms with Gasteiger partial charge in [0, 0.05) is 5.56 Å². The largest absolute Gasteiger partial charge is 0.490 e. The van der Waals surface area contributed by atoms with Crippen molar-refractivity contribution in [3.63, 3.8) is 0 Å². The van der Waals surface area contributed by atoms with Crippen molar-refractivity contribution < 1.29 is 14.7 Å². The van der Waals surface area contributed by atoms with Gasteiger partial charge in [0.05, 0.1) is 0 Å². The third kappa shape index (κ3) is 2.49. The van der Waals surface area contributed by atoms with E-state index in [1.807, 2.05) is 18.2 Å². The van der Waals surface area contributed by atoms with E-state index in [2.05, 4.69) is 6.58 Å². The quantitative estimate of drug-likeness (QED) is 0.493. The molecule has 1 amide bonds. The molecule has 0 aliphatic rings. The number of carbonyl (C=O) groups is 1. The first-order chi connectivity index (χ1) is 8.74. The van der Waals surface area contributed by atoms with Crippen LogP contribution in [0, 0.1) is 0 Å². The molecule has 4 heteroatoms. The van der Waals surface area contributed by atoms with Crippen LogP contribution in [-0.4, -0.2) is 17.7 Å². The summed E-state index contributed by atoms with van der Waals surface area (Å²) in [4.78, 5) is 11.3. The monoisotopic (exact) mass is 243 g/mol. The van der Waals surface area contributed by atoms with Crippen molar-refractivity contribution in [2.75, 3.05) is 6.61 Å². The fourth-order valence-corrected chi connectivity index (χ4v) is 1.67. The normalized spacial score (nSPS) is 10.1. The Kier molecular flexibility index (Phi) is 3.60. The molecule has 92 valence electrons. The van der Waals surface area contributed by atoms with Gasteiger partial charge in [-0.2, -0.15) is 0 Å². The Balaban J connectivity index is 2.35. The maximum Gasteiger partial charge on any atom is 0.274 e. The topological polar surface area (TPSA) is 58.6 Å². The lowest BCUT2D eigenvalue weighted by atomic mass is 10.1. The molecule has 0 saturated carbocycles. The minimum absolute atomic E-state index is 0.407. The lowest BCUT2D eigenvalue weighted by molar-refractivity contribution is 0.0706. The van der Waals surface area contributed by atoms with Gasteiger partial charge in [-0.3, -0.25) is 10.0 Å². The molecule has 2 aromatic carbocycles. The SMILES string of the molecule is C=CCOc1ccc2cc(C(=O)NO)ccc2c1. The van der Waals surface area contributed by atoms with E-state index in [1.54, 1.807) is 29.8 Å². The number of nitrogens with one attached hydrogen (secondary N) is 1. The van der Waals surface area contributed by atoms with E-state index < -0.39 is 5.91 Å². The van der Waals surface area contributed by atoms with E-state index in [-0.39, 0.29) is 0 Å². The van der Waals surface area contributed by atoms with Crippen molar-refractivity contribution in [3.8, 4) is 5.75 Å². The van der Waals surface area contributed by atoms with Gasteiger partial charge in [-0.05, 0) is 35.0 Å². The molecule has 0 spiro atoms. The second-order valence-electron chi connectivity index (χ2n) is 3.76. The molecule has 0 heterocycles. The molecule has 4 nitrogen and oxygen atoms in total. The van der Waals surface area contributed by atoms with Crippen molar-refractivity contribution in [1.82, 2.24) is 5.48 Å². The van der Waals surface area contributed by atoms with E-state index in [0.717, 1.165) is 16.5 Å². The fraction of sp³-hybridized carbons (Fsp3) is 0.0714. The van der Waals surface area contributed by atoms with Gasteiger partial charge in [0.1, 0.15) is 12.4 Å². The average molecular weight is 243 g/mol. The van der Waals surface area contributed by atoms with Gasteiger partial charge in [-0.1, -0.05) is 24.8 Å². The Hall–Kier alpha value is -2.33. The second-order valence-corrected chi connectivity index (χ2v) is 3.76. The molecule has 0 atom stereocenters. The Labute approximate surface area is 104 Å². The zero-order valence-corrected chi connectivity index (χ0v) is 9.72. The van der Waals surface area contributed by atoms with Crippen LogP contribution in [-0.2, 0) is 0 Å². The number of carbonyl (C=O) groups excluding carboxylic acids is 1. The van der Waals surface area contributed by atoms with E-state index in [4.69, 9.17) is 9.94 Å². The van der Waals surface area contributed by atoms with Crippen molar-refractivity contribution >= 4 is 16.7 Å². The molecular formula is C14H13NO3. The molecule has 0 aliphatic heterocycles. The molecule has 2 aromatic rings. The predicted octanol–water partition coefficient (Wildman–Crippen LogP) is 2.52. The van der Waals surface area contributed by atoms with Crippen LogP contribution in [0.5, 0.6) is 5.75 Å². The highest BCUT2D eigenvalue weighted by Gasteiger charge is 2.05. The predicted molar refractivity (Wildman–Crippen MR) is 68.9 cm³/mol. The highest BCUT2D eigenvalue weighted by Crippen LogP contribution is 2.22. The Morgan fingerprint density at radius 2 is 2.00 bits per heavy atom. The number of ether oxygens (including phenoxy) is 1. The molecule has 0 fully saturated rings. The molecule has 0 bridgehead atoms. The van der Waals surface area contributed by atoms with E-state index in [9.17, 15) is 4.79 Å². The maximum atomic E-state index is 11.3. The Bertz CT molecular complexity index is 593. The zero-order chi connectivity index (χ0) is 13.0. The van der Waals surface area contributed by atoms with Crippen LogP contribution >= 0.6 is 0 Å². The van der Waals surface area contributed by atoms with Crippen LogP contribution in [0.3, 0.4) is 0 Å². The average Bonchev–Trinajstić information content (AvgIpc) is 2.43. The van der Waals surface area contributed by atoms with Crippen LogP contribution in [0.25, 0.3) is 10.8 Å². The first-order valence-corrected chi connectivity index (χ1v) is 5.46. The van der Waals surface area contributed by atoms with Gasteiger partial charge in [-0.15, -0.1) is 0 Å². The number of hydrogen-bond acceptors (Lipinski definition) is 3. The van der Waals surface area contributed by atoms with Gasteiger partial charge in [-0.25, -0.2) is 5.48 Å². The molecule has 0 saturated heterocycles. The van der Waals surface area contributed by atoms with E-state index in [1.165, 1.54) is 0 Å². The summed E-state index contributed by atoms with van der Waals surface area (Å²) in [5, 5.41) is 10.4. The summed E-state index contributed by atoms with van der Waals surface area (Å²) in [6.45, 7) is 4.04. The molecular weight excluding hydrogens is 230 g/mol. The lowest BCUT2D eigenvalue weighted by Gasteiger charge is -2.06. The standard InChI is InChI=1S/C14H13NO3/c1-2-7-18-13-6-5-10-8-12(14(16)15-17)4-3-11(10)9-13/h2-6,8-9,17H,1,7H2,(H,15,16). The Morgan fingerprint density at radius 3 is 2.72 bits per heavy atom. The van der Waals surface area contributed by atoms with E-state index in [0.29, 0.717) is 12.2 Å². The Morgan fingerprint density at radius 1 is 1.28 bits per heavy atom. The molecule has 0 unspecified atom stereocenters. The fourth-order valence-electron chi connectivity index (χ4n) is 1.67. The number of fused-ring (bicyclic) bond motifs is 1. The molecule has 2 rings (SSSR count). The van der Waals surface area contributed by atoms with Crippen molar-refractivity contribution in [1.29, 1.82) is 0 Å². The summed E-state index contributed by atoms with van der Waals surface area (Å²) >= 11 is 0. The maximum absolute atomic E-state index is 11.3. The van der Waals surface area contributed by atoms with Crippen LogP contribution < -0.4 is 10.2 Å². The van der Waals surface area contributed by atoms with Gasteiger partial charge >= 0.3 is 0 Å². The van der Waals surface area contributed by atoms with Crippen LogP contribution in [0.4, 0.5) is 0 Å². The summed E-state index contributed by atoms with van der Waals surface area (Å²) in [5.74, 6) is 0.227. The minimum atomic E-state index is -0.524. The molecule has 18 heavy (non-hydrogen) atoms. The number of hydroxylamine groups is 1. The number of hydrogen-bond donors (Lipinski definition) is 2. The smallest absolute Gasteiger partial charge is 0.274 e. The molecule has 0 radical (unpaired) electrons. The minimum Gasteiger partial charge on any atom is -0.490 e. The van der Waals surface area contributed by atoms with Gasteiger partial charge in [0.2, 0.25) is 0 Å². The highest BCUT2D eigenvalue weighted by molar-refractivity contribution is 5.98. The highest BCUT2D eigenvalue weighted by atomic mass is 16.5. The van der Waals surface area contributed by atoms with Crippen LogP contribution in [0.1, 0.15) is 10.4 Å². The van der Waals surface area contributed by atoms with Crippen LogP contribution in [0.2, 0.25) is 0 Å². The first kappa shape index (κ1) is 12.1. The lowest BCUT2D eigenvalue weighted by Crippen LogP contribution is -2.18. The molecule has 0 aliphatic carbocycles. The van der Waals surface area contributed by atoms with Crippen LogP contribution in [0.15, 0.2) is 49.1 Å². The van der Waals surface area contributed by atoms with Crippen molar-refractivity contribution in [2.45, 2.75) is 0 Å². The molecule has 0 aromatic heterocycles. The number of benzene rings is 2. The summed E-state index contributed by atoms with van der Waals surface area (Å²) in [6.07, 6.45) is 1.68. The van der Waals surface area contributed by atoms with Crippen molar-refractivity contribution in [3.05, 3.63) is 54.6 Å². The summed E-state index contributed by atoms with van der Waals surface area (Å²) in [7, 11) is 0. The third-order valence-corrected chi connectivity index (χ3v) is 2.54. The third-order valence-electron chi connectivity index (χ3n) is 2.54. The van der Waals surface area contributed by atoms with Crippen molar-refractivity contribution in [2.24, 2.45) is 0 Å². The number of rotatable bonds is 4. The van der Waals surface area contributed by atoms with E-state index >= 15 is 0 Å². The van der Waals surface area contributed by atoms with Gasteiger partial charge < -0.3 is 4.74 Å².